The average molecular weight is 360 g/mol. The highest BCUT2D eigenvalue weighted by molar-refractivity contribution is 9.10. The van der Waals surface area contributed by atoms with Crippen molar-refractivity contribution in [2.45, 2.75) is 31.4 Å². The summed E-state index contributed by atoms with van der Waals surface area (Å²) in [5.74, 6) is 0.509. The molecule has 0 aliphatic heterocycles. The Morgan fingerprint density at radius 3 is 2.50 bits per heavy atom. The third-order valence-corrected chi connectivity index (χ3v) is 4.74. The van der Waals surface area contributed by atoms with Gasteiger partial charge in [-0.1, -0.05) is 64.5 Å². The molecule has 1 fully saturated rings. The molecule has 4 heteroatoms. The van der Waals surface area contributed by atoms with E-state index in [1.54, 1.807) is 0 Å². The second kappa shape index (κ2) is 6.97. The molecule has 3 nitrogen and oxygen atoms in total. The first-order valence-corrected chi connectivity index (χ1v) is 8.23. The van der Waals surface area contributed by atoms with Gasteiger partial charge >= 0.3 is 6.09 Å². The highest BCUT2D eigenvalue weighted by Crippen LogP contribution is 2.39. The number of carbonyl (C=O) groups excluding carboxylic acids is 1. The van der Waals surface area contributed by atoms with E-state index < -0.39 is 0 Å². The van der Waals surface area contributed by atoms with Crippen molar-refractivity contribution in [3.05, 3.63) is 70.2 Å². The van der Waals surface area contributed by atoms with Crippen molar-refractivity contribution >= 4 is 22.0 Å². The zero-order chi connectivity index (χ0) is 15.4. The molecule has 0 unspecified atom stereocenters. The van der Waals surface area contributed by atoms with E-state index in [1.807, 2.05) is 36.4 Å². The van der Waals surface area contributed by atoms with Crippen LogP contribution in [0.2, 0.25) is 0 Å². The molecule has 0 atom stereocenters. The number of nitrogens with one attached hydrogen (secondary N) is 1. The molecule has 1 amide bonds. The summed E-state index contributed by atoms with van der Waals surface area (Å²) < 4.78 is 6.38. The number of carbonyl (C=O) groups is 1. The monoisotopic (exact) mass is 359 g/mol. The van der Waals surface area contributed by atoms with Gasteiger partial charge in [0.1, 0.15) is 6.61 Å². The van der Waals surface area contributed by atoms with Crippen LogP contribution in [0.4, 0.5) is 4.79 Å². The third kappa shape index (κ3) is 3.69. The maximum absolute atomic E-state index is 11.8. The molecule has 0 radical (unpaired) electrons. The Bertz CT molecular complexity index is 639. The van der Waals surface area contributed by atoms with Gasteiger partial charge in [0, 0.05) is 10.5 Å². The molecule has 0 spiro atoms. The first-order valence-electron chi connectivity index (χ1n) is 7.44. The lowest BCUT2D eigenvalue weighted by Crippen LogP contribution is -2.43. The van der Waals surface area contributed by atoms with Crippen molar-refractivity contribution in [3.8, 4) is 0 Å². The van der Waals surface area contributed by atoms with Crippen molar-refractivity contribution in [2.75, 3.05) is 0 Å². The Kier molecular flexibility index (Phi) is 4.78. The van der Waals surface area contributed by atoms with Gasteiger partial charge in [-0.3, -0.25) is 0 Å². The first-order chi connectivity index (χ1) is 10.7. The fourth-order valence-electron chi connectivity index (χ4n) is 2.73. The van der Waals surface area contributed by atoms with E-state index in [4.69, 9.17) is 4.74 Å². The van der Waals surface area contributed by atoms with Crippen molar-refractivity contribution in [3.63, 3.8) is 0 Å². The summed E-state index contributed by atoms with van der Waals surface area (Å²) in [6.45, 7) is 0.313. The Hall–Kier alpha value is -1.81. The smallest absolute Gasteiger partial charge is 0.407 e. The number of benzene rings is 2. The van der Waals surface area contributed by atoms with Gasteiger partial charge in [0.15, 0.2) is 0 Å². The van der Waals surface area contributed by atoms with Crippen LogP contribution in [0.1, 0.15) is 29.9 Å². The fraction of sp³-hybridized carbons (Fsp3) is 0.278. The highest BCUT2D eigenvalue weighted by atomic mass is 79.9. The number of alkyl carbamates (subject to hydrolysis) is 1. The molecule has 0 aromatic heterocycles. The summed E-state index contributed by atoms with van der Waals surface area (Å²) in [5, 5.41) is 2.93. The van der Waals surface area contributed by atoms with Crippen molar-refractivity contribution < 1.29 is 9.53 Å². The van der Waals surface area contributed by atoms with Crippen LogP contribution in [0.15, 0.2) is 59.1 Å². The van der Waals surface area contributed by atoms with Crippen molar-refractivity contribution in [1.82, 2.24) is 5.32 Å². The summed E-state index contributed by atoms with van der Waals surface area (Å²) >= 11 is 3.58. The minimum atomic E-state index is -0.334. The normalized spacial score (nSPS) is 20.0. The molecule has 0 bridgehead atoms. The van der Waals surface area contributed by atoms with E-state index in [9.17, 15) is 4.79 Å². The fourth-order valence-corrected chi connectivity index (χ4v) is 3.34. The molecule has 3 rings (SSSR count). The molecule has 0 heterocycles. The van der Waals surface area contributed by atoms with Crippen molar-refractivity contribution in [1.29, 1.82) is 0 Å². The van der Waals surface area contributed by atoms with Gasteiger partial charge < -0.3 is 10.1 Å². The molecule has 1 saturated carbocycles. The van der Waals surface area contributed by atoms with Crippen LogP contribution < -0.4 is 5.32 Å². The largest absolute Gasteiger partial charge is 0.445 e. The first kappa shape index (κ1) is 15.1. The number of halogens is 1. The number of ether oxygens (including phenoxy) is 1. The maximum Gasteiger partial charge on any atom is 0.407 e. The van der Waals surface area contributed by atoms with Crippen molar-refractivity contribution in [2.24, 2.45) is 0 Å². The lowest BCUT2D eigenvalue weighted by molar-refractivity contribution is 0.127. The zero-order valence-corrected chi connectivity index (χ0v) is 13.8. The Labute approximate surface area is 138 Å². The van der Waals surface area contributed by atoms with Crippen LogP contribution in [0.25, 0.3) is 0 Å². The summed E-state index contributed by atoms with van der Waals surface area (Å²) in [5.41, 5.74) is 2.32. The summed E-state index contributed by atoms with van der Waals surface area (Å²) in [6.07, 6.45) is 1.59. The predicted molar refractivity (Wildman–Crippen MR) is 89.7 cm³/mol. The molecule has 0 saturated heterocycles. The van der Waals surface area contributed by atoms with Gasteiger partial charge in [0.25, 0.3) is 0 Å². The van der Waals surface area contributed by atoms with Gasteiger partial charge in [-0.25, -0.2) is 4.79 Å². The molecule has 114 valence electrons. The average Bonchev–Trinajstić information content (AvgIpc) is 2.50. The lowest BCUT2D eigenvalue weighted by atomic mass is 9.76. The Morgan fingerprint density at radius 1 is 1.09 bits per heavy atom. The van der Waals surface area contributed by atoms with Crippen LogP contribution in [0, 0.1) is 0 Å². The Balaban J connectivity index is 1.42. The van der Waals surface area contributed by atoms with Crippen LogP contribution in [-0.2, 0) is 11.3 Å². The second-order valence-corrected chi connectivity index (χ2v) is 6.45. The van der Waals surface area contributed by atoms with Crippen LogP contribution in [0.5, 0.6) is 0 Å². The van der Waals surface area contributed by atoms with Gasteiger partial charge in [0.2, 0.25) is 0 Å². The lowest BCUT2D eigenvalue weighted by Gasteiger charge is -2.36. The molecule has 1 aliphatic rings. The highest BCUT2D eigenvalue weighted by Gasteiger charge is 2.32. The molecular formula is C18H18BrNO2. The molecule has 2 aromatic rings. The number of hydrogen-bond donors (Lipinski definition) is 1. The number of rotatable bonds is 4. The number of amides is 1. The third-order valence-electron chi connectivity index (χ3n) is 4.02. The summed E-state index contributed by atoms with van der Waals surface area (Å²) in [4.78, 5) is 11.8. The van der Waals surface area contributed by atoms with Crippen LogP contribution in [-0.4, -0.2) is 12.1 Å². The molecule has 2 aromatic carbocycles. The van der Waals surface area contributed by atoms with E-state index >= 15 is 0 Å². The topological polar surface area (TPSA) is 38.3 Å². The van der Waals surface area contributed by atoms with Crippen LogP contribution >= 0.6 is 15.9 Å². The second-order valence-electron chi connectivity index (χ2n) is 5.59. The standard InChI is InChI=1S/C18H18BrNO2/c19-17-9-5-4-8-16(17)14-10-15(11-14)20-18(21)22-12-13-6-2-1-3-7-13/h1-9,14-15H,10-12H2,(H,20,21). The maximum atomic E-state index is 11.8. The minimum Gasteiger partial charge on any atom is -0.445 e. The summed E-state index contributed by atoms with van der Waals surface area (Å²) in [7, 11) is 0. The Morgan fingerprint density at radius 2 is 1.77 bits per heavy atom. The van der Waals surface area contributed by atoms with E-state index in [0.717, 1.165) is 22.9 Å². The number of hydrogen-bond acceptors (Lipinski definition) is 2. The van der Waals surface area contributed by atoms with E-state index in [2.05, 4.69) is 39.4 Å². The van der Waals surface area contributed by atoms with Gasteiger partial charge in [0.05, 0.1) is 0 Å². The van der Waals surface area contributed by atoms with Gasteiger partial charge in [-0.15, -0.1) is 0 Å². The predicted octanol–water partition coefficient (Wildman–Crippen LogP) is 4.62. The minimum absolute atomic E-state index is 0.209. The molecule has 1 aliphatic carbocycles. The quantitative estimate of drug-likeness (QED) is 0.864. The van der Waals surface area contributed by atoms with E-state index in [0.29, 0.717) is 12.5 Å². The SMILES string of the molecule is O=C(NC1CC(c2ccccc2Br)C1)OCc1ccccc1. The van der Waals surface area contributed by atoms with Gasteiger partial charge in [-0.05, 0) is 36.0 Å². The molecular weight excluding hydrogens is 342 g/mol. The van der Waals surface area contributed by atoms with E-state index in [-0.39, 0.29) is 12.1 Å². The van der Waals surface area contributed by atoms with Crippen LogP contribution in [0.3, 0.4) is 0 Å². The van der Waals surface area contributed by atoms with E-state index in [1.165, 1.54) is 5.56 Å². The molecule has 22 heavy (non-hydrogen) atoms. The molecule has 1 N–H and O–H groups in total. The summed E-state index contributed by atoms with van der Waals surface area (Å²) in [6, 6.07) is 18.2. The van der Waals surface area contributed by atoms with Gasteiger partial charge in [-0.2, -0.15) is 0 Å². The zero-order valence-electron chi connectivity index (χ0n) is 12.2.